The molecule has 2 rings (SSSR count). The van der Waals surface area contributed by atoms with Crippen LogP contribution in [-0.2, 0) is 0 Å². The third-order valence-corrected chi connectivity index (χ3v) is 2.48. The molecule has 1 atom stereocenters. The standard InChI is InChI=1S/C13H15N3O/c14-8-11(13-5-1-2-7-16-13)10-17-12-4-3-6-15-9-12/h1-7,9,11H,8,10,14H2. The summed E-state index contributed by atoms with van der Waals surface area (Å²) in [7, 11) is 0. The zero-order chi connectivity index (χ0) is 11.9. The van der Waals surface area contributed by atoms with Gasteiger partial charge >= 0.3 is 0 Å². The van der Waals surface area contributed by atoms with E-state index in [0.717, 1.165) is 11.4 Å². The Labute approximate surface area is 100 Å². The van der Waals surface area contributed by atoms with Gasteiger partial charge in [0.1, 0.15) is 5.75 Å². The predicted molar refractivity (Wildman–Crippen MR) is 65.8 cm³/mol. The molecule has 0 saturated carbocycles. The van der Waals surface area contributed by atoms with E-state index >= 15 is 0 Å². The largest absolute Gasteiger partial charge is 0.491 e. The topological polar surface area (TPSA) is 61.0 Å². The third kappa shape index (κ3) is 3.26. The highest BCUT2D eigenvalue weighted by Gasteiger charge is 2.11. The molecule has 0 fully saturated rings. The van der Waals surface area contributed by atoms with Gasteiger partial charge in [0.15, 0.2) is 0 Å². The summed E-state index contributed by atoms with van der Waals surface area (Å²) < 4.78 is 5.63. The Morgan fingerprint density at radius 2 is 2.12 bits per heavy atom. The summed E-state index contributed by atoms with van der Waals surface area (Å²) in [4.78, 5) is 8.28. The molecule has 0 amide bonds. The molecule has 88 valence electrons. The van der Waals surface area contributed by atoms with Crippen LogP contribution in [0.1, 0.15) is 11.6 Å². The fourth-order valence-corrected chi connectivity index (χ4v) is 1.52. The highest BCUT2D eigenvalue weighted by atomic mass is 16.5. The fourth-order valence-electron chi connectivity index (χ4n) is 1.52. The van der Waals surface area contributed by atoms with Gasteiger partial charge in [0.25, 0.3) is 0 Å². The van der Waals surface area contributed by atoms with Crippen molar-refractivity contribution in [1.82, 2.24) is 9.97 Å². The number of pyridine rings is 2. The minimum Gasteiger partial charge on any atom is -0.491 e. The quantitative estimate of drug-likeness (QED) is 0.846. The van der Waals surface area contributed by atoms with Gasteiger partial charge in [-0.15, -0.1) is 0 Å². The summed E-state index contributed by atoms with van der Waals surface area (Å²) in [5, 5.41) is 0. The average molecular weight is 229 g/mol. The molecule has 0 aliphatic heterocycles. The van der Waals surface area contributed by atoms with Gasteiger partial charge in [-0.25, -0.2) is 0 Å². The smallest absolute Gasteiger partial charge is 0.137 e. The first-order valence-corrected chi connectivity index (χ1v) is 5.54. The monoisotopic (exact) mass is 229 g/mol. The third-order valence-electron chi connectivity index (χ3n) is 2.48. The lowest BCUT2D eigenvalue weighted by Crippen LogP contribution is -2.20. The van der Waals surface area contributed by atoms with Gasteiger partial charge in [0.05, 0.1) is 12.8 Å². The van der Waals surface area contributed by atoms with Crippen LogP contribution in [0, 0.1) is 0 Å². The lowest BCUT2D eigenvalue weighted by molar-refractivity contribution is 0.287. The molecule has 0 aromatic carbocycles. The number of nitrogens with two attached hydrogens (primary N) is 1. The Kier molecular flexibility index (Phi) is 4.05. The molecule has 0 saturated heterocycles. The lowest BCUT2D eigenvalue weighted by atomic mass is 10.1. The van der Waals surface area contributed by atoms with Crippen LogP contribution >= 0.6 is 0 Å². The van der Waals surface area contributed by atoms with Gasteiger partial charge in [-0.2, -0.15) is 0 Å². The minimum absolute atomic E-state index is 0.108. The first-order chi connectivity index (χ1) is 8.40. The van der Waals surface area contributed by atoms with Crippen LogP contribution in [0.5, 0.6) is 5.75 Å². The van der Waals surface area contributed by atoms with Crippen molar-refractivity contribution in [3.63, 3.8) is 0 Å². The summed E-state index contributed by atoms with van der Waals surface area (Å²) in [6.07, 6.45) is 5.17. The summed E-state index contributed by atoms with van der Waals surface area (Å²) in [5.41, 5.74) is 6.69. The van der Waals surface area contributed by atoms with Crippen LogP contribution in [0.25, 0.3) is 0 Å². The Hall–Kier alpha value is -1.94. The van der Waals surface area contributed by atoms with Gasteiger partial charge in [0.2, 0.25) is 0 Å². The second-order valence-corrected chi connectivity index (χ2v) is 3.69. The number of aromatic nitrogens is 2. The Balaban J connectivity index is 1.97. The molecule has 2 heterocycles. The maximum atomic E-state index is 5.73. The van der Waals surface area contributed by atoms with E-state index in [0.29, 0.717) is 13.2 Å². The molecule has 0 spiro atoms. The Bertz CT molecular complexity index is 433. The molecular formula is C13H15N3O. The van der Waals surface area contributed by atoms with E-state index in [1.54, 1.807) is 18.6 Å². The van der Waals surface area contributed by atoms with Crippen molar-refractivity contribution in [1.29, 1.82) is 0 Å². The SMILES string of the molecule is NCC(COc1cccnc1)c1ccccn1. The molecule has 2 aromatic rings. The van der Waals surface area contributed by atoms with E-state index in [2.05, 4.69) is 9.97 Å². The van der Waals surface area contributed by atoms with Crippen LogP contribution in [0.4, 0.5) is 0 Å². The first-order valence-electron chi connectivity index (χ1n) is 5.54. The molecule has 4 nitrogen and oxygen atoms in total. The maximum absolute atomic E-state index is 5.73. The second kappa shape index (κ2) is 5.96. The van der Waals surface area contributed by atoms with Crippen LogP contribution < -0.4 is 10.5 Å². The van der Waals surface area contributed by atoms with Crippen molar-refractivity contribution in [2.75, 3.05) is 13.2 Å². The van der Waals surface area contributed by atoms with Crippen LogP contribution in [-0.4, -0.2) is 23.1 Å². The van der Waals surface area contributed by atoms with Gasteiger partial charge < -0.3 is 10.5 Å². The second-order valence-electron chi connectivity index (χ2n) is 3.69. The van der Waals surface area contributed by atoms with Gasteiger partial charge in [-0.3, -0.25) is 9.97 Å². The van der Waals surface area contributed by atoms with E-state index in [4.69, 9.17) is 10.5 Å². The molecule has 0 radical (unpaired) electrons. The van der Waals surface area contributed by atoms with Crippen molar-refractivity contribution in [2.45, 2.75) is 5.92 Å². The maximum Gasteiger partial charge on any atom is 0.137 e. The zero-order valence-corrected chi connectivity index (χ0v) is 9.49. The van der Waals surface area contributed by atoms with Gasteiger partial charge in [0, 0.05) is 30.6 Å². The van der Waals surface area contributed by atoms with Crippen molar-refractivity contribution >= 4 is 0 Å². The fraction of sp³-hybridized carbons (Fsp3) is 0.231. The van der Waals surface area contributed by atoms with E-state index in [-0.39, 0.29) is 5.92 Å². The summed E-state index contributed by atoms with van der Waals surface area (Å²) in [5.74, 6) is 0.860. The first kappa shape index (κ1) is 11.5. The lowest BCUT2D eigenvalue weighted by Gasteiger charge is -2.14. The highest BCUT2D eigenvalue weighted by molar-refractivity contribution is 5.16. The number of hydrogen-bond acceptors (Lipinski definition) is 4. The van der Waals surface area contributed by atoms with Crippen molar-refractivity contribution in [3.05, 3.63) is 54.6 Å². The number of nitrogens with zero attached hydrogens (tertiary/aromatic N) is 2. The number of rotatable bonds is 5. The molecule has 2 N–H and O–H groups in total. The predicted octanol–water partition coefficient (Wildman–Crippen LogP) is 1.60. The molecule has 17 heavy (non-hydrogen) atoms. The average Bonchev–Trinajstić information content (AvgIpc) is 2.42. The van der Waals surface area contributed by atoms with E-state index in [1.165, 1.54) is 0 Å². The summed E-state index contributed by atoms with van der Waals surface area (Å²) >= 11 is 0. The zero-order valence-electron chi connectivity index (χ0n) is 9.49. The molecule has 0 aliphatic rings. The van der Waals surface area contributed by atoms with Gasteiger partial charge in [-0.05, 0) is 24.3 Å². The summed E-state index contributed by atoms with van der Waals surface area (Å²) in [6, 6.07) is 9.52. The van der Waals surface area contributed by atoms with Crippen LogP contribution in [0.15, 0.2) is 48.9 Å². The van der Waals surface area contributed by atoms with Crippen molar-refractivity contribution in [2.24, 2.45) is 5.73 Å². The molecular weight excluding hydrogens is 214 g/mol. The van der Waals surface area contributed by atoms with Crippen molar-refractivity contribution in [3.8, 4) is 5.75 Å². The van der Waals surface area contributed by atoms with Crippen LogP contribution in [0.2, 0.25) is 0 Å². The Morgan fingerprint density at radius 1 is 1.18 bits per heavy atom. The van der Waals surface area contributed by atoms with E-state index < -0.39 is 0 Å². The molecule has 4 heteroatoms. The normalized spacial score (nSPS) is 12.1. The van der Waals surface area contributed by atoms with Crippen molar-refractivity contribution < 1.29 is 4.74 Å². The molecule has 2 aromatic heterocycles. The minimum atomic E-state index is 0.108. The number of ether oxygens (including phenoxy) is 1. The van der Waals surface area contributed by atoms with Crippen LogP contribution in [0.3, 0.4) is 0 Å². The molecule has 0 bridgehead atoms. The highest BCUT2D eigenvalue weighted by Crippen LogP contribution is 2.14. The van der Waals surface area contributed by atoms with E-state index in [1.807, 2.05) is 30.3 Å². The molecule has 0 aliphatic carbocycles. The summed E-state index contributed by atoms with van der Waals surface area (Å²) in [6.45, 7) is 1.02. The number of hydrogen-bond donors (Lipinski definition) is 1. The van der Waals surface area contributed by atoms with Gasteiger partial charge in [-0.1, -0.05) is 6.07 Å². The molecule has 1 unspecified atom stereocenters. The van der Waals surface area contributed by atoms with E-state index in [9.17, 15) is 0 Å². The Morgan fingerprint density at radius 3 is 2.76 bits per heavy atom.